The highest BCUT2D eigenvalue weighted by atomic mass is 16.7. The van der Waals surface area contributed by atoms with Crippen molar-refractivity contribution in [3.63, 3.8) is 0 Å². The van der Waals surface area contributed by atoms with Crippen LogP contribution < -0.4 is 5.32 Å². The van der Waals surface area contributed by atoms with Crippen LogP contribution in [0.5, 0.6) is 0 Å². The molecule has 0 bridgehead atoms. The second kappa shape index (κ2) is 6.63. The van der Waals surface area contributed by atoms with Gasteiger partial charge in [0.15, 0.2) is 5.79 Å². The van der Waals surface area contributed by atoms with E-state index in [9.17, 15) is 4.79 Å². The smallest absolute Gasteiger partial charge is 0.234 e. The molecule has 3 fully saturated rings. The number of hydrogen-bond acceptors (Lipinski definition) is 4. The lowest BCUT2D eigenvalue weighted by Crippen LogP contribution is -2.42. The molecule has 1 atom stereocenters. The van der Waals surface area contributed by atoms with Crippen molar-refractivity contribution >= 4 is 5.91 Å². The molecule has 3 aliphatic rings. The average Bonchev–Trinajstić information content (AvgIpc) is 3.27. The van der Waals surface area contributed by atoms with Crippen LogP contribution in [0, 0.1) is 0 Å². The van der Waals surface area contributed by atoms with Gasteiger partial charge in [0.2, 0.25) is 5.91 Å². The van der Waals surface area contributed by atoms with Gasteiger partial charge in [0.1, 0.15) is 6.10 Å². The first kappa shape index (κ1) is 15.3. The Morgan fingerprint density at radius 3 is 2.71 bits per heavy atom. The summed E-state index contributed by atoms with van der Waals surface area (Å²) in [5.41, 5.74) is 0. The second-order valence-electron chi connectivity index (χ2n) is 6.62. The second-order valence-corrected chi connectivity index (χ2v) is 6.62. The predicted molar refractivity (Wildman–Crippen MR) is 79.9 cm³/mol. The summed E-state index contributed by atoms with van der Waals surface area (Å²) >= 11 is 0. The number of nitrogens with one attached hydrogen (secondary N) is 1. The highest BCUT2D eigenvalue weighted by Crippen LogP contribution is 2.37. The largest absolute Gasteiger partial charge is 0.352 e. The molecule has 0 radical (unpaired) electrons. The lowest BCUT2D eigenvalue weighted by molar-refractivity contribution is -0.186. The van der Waals surface area contributed by atoms with E-state index >= 15 is 0 Å². The number of amides is 1. The summed E-state index contributed by atoms with van der Waals surface area (Å²) in [6.07, 6.45) is 8.16. The minimum Gasteiger partial charge on any atom is -0.352 e. The van der Waals surface area contributed by atoms with Gasteiger partial charge < -0.3 is 14.8 Å². The Morgan fingerprint density at radius 1 is 1.29 bits per heavy atom. The molecule has 1 amide bonds. The molecule has 0 aromatic rings. The number of ether oxygens (including phenoxy) is 2. The molecule has 0 aromatic heterocycles. The van der Waals surface area contributed by atoms with Crippen LogP contribution in [-0.4, -0.2) is 55.0 Å². The van der Waals surface area contributed by atoms with Gasteiger partial charge in [0, 0.05) is 25.4 Å². The fourth-order valence-corrected chi connectivity index (χ4v) is 3.48. The zero-order valence-corrected chi connectivity index (χ0v) is 13.1. The number of rotatable bonds is 6. The maximum Gasteiger partial charge on any atom is 0.234 e. The third kappa shape index (κ3) is 3.96. The molecular formula is C16H28N2O3. The van der Waals surface area contributed by atoms with E-state index in [1.165, 1.54) is 32.1 Å². The van der Waals surface area contributed by atoms with E-state index in [0.717, 1.165) is 19.4 Å². The van der Waals surface area contributed by atoms with Gasteiger partial charge in [-0.05, 0) is 32.2 Å². The quantitative estimate of drug-likeness (QED) is 0.810. The number of carbonyl (C=O) groups excluding carboxylic acids is 1. The highest BCUT2D eigenvalue weighted by Gasteiger charge is 2.42. The SMILES string of the molecule is CCN(CC(=O)NC[C@@H]1COC2(CCCCC2)O1)C1CC1. The van der Waals surface area contributed by atoms with Gasteiger partial charge in [-0.15, -0.1) is 0 Å². The van der Waals surface area contributed by atoms with Crippen molar-refractivity contribution in [3.8, 4) is 0 Å². The predicted octanol–water partition coefficient (Wildman–Crippen LogP) is 1.66. The number of carbonyl (C=O) groups is 1. The summed E-state index contributed by atoms with van der Waals surface area (Å²) in [5.74, 6) is -0.228. The van der Waals surface area contributed by atoms with Gasteiger partial charge in [0.05, 0.1) is 13.2 Å². The maximum atomic E-state index is 12.0. The summed E-state index contributed by atoms with van der Waals surface area (Å²) in [6.45, 7) is 4.76. The van der Waals surface area contributed by atoms with Gasteiger partial charge in [-0.3, -0.25) is 9.69 Å². The third-order valence-corrected chi connectivity index (χ3v) is 4.87. The van der Waals surface area contributed by atoms with Crippen LogP contribution in [0.15, 0.2) is 0 Å². The molecule has 1 saturated heterocycles. The molecular weight excluding hydrogens is 268 g/mol. The number of hydrogen-bond donors (Lipinski definition) is 1. The Morgan fingerprint density at radius 2 is 2.05 bits per heavy atom. The van der Waals surface area contributed by atoms with Gasteiger partial charge in [0.25, 0.3) is 0 Å². The van der Waals surface area contributed by atoms with Gasteiger partial charge in [-0.25, -0.2) is 0 Å². The van der Waals surface area contributed by atoms with Gasteiger partial charge >= 0.3 is 0 Å². The van der Waals surface area contributed by atoms with Crippen LogP contribution in [-0.2, 0) is 14.3 Å². The van der Waals surface area contributed by atoms with E-state index in [-0.39, 0.29) is 17.8 Å². The Labute approximate surface area is 127 Å². The molecule has 5 heteroatoms. The Kier molecular flexibility index (Phi) is 4.82. The fraction of sp³-hybridized carbons (Fsp3) is 0.938. The van der Waals surface area contributed by atoms with Crippen molar-refractivity contribution < 1.29 is 14.3 Å². The Bertz CT molecular complexity index is 365. The summed E-state index contributed by atoms with van der Waals surface area (Å²) < 4.78 is 12.0. The molecule has 0 unspecified atom stereocenters. The van der Waals surface area contributed by atoms with Crippen LogP contribution in [0.2, 0.25) is 0 Å². The van der Waals surface area contributed by atoms with E-state index in [4.69, 9.17) is 9.47 Å². The molecule has 2 saturated carbocycles. The molecule has 5 nitrogen and oxygen atoms in total. The summed E-state index contributed by atoms with van der Waals surface area (Å²) in [7, 11) is 0. The van der Waals surface area contributed by atoms with Gasteiger partial charge in [-0.2, -0.15) is 0 Å². The van der Waals surface area contributed by atoms with Crippen LogP contribution >= 0.6 is 0 Å². The monoisotopic (exact) mass is 296 g/mol. The topological polar surface area (TPSA) is 50.8 Å². The zero-order valence-electron chi connectivity index (χ0n) is 13.1. The maximum absolute atomic E-state index is 12.0. The van der Waals surface area contributed by atoms with E-state index in [1.54, 1.807) is 0 Å². The Hall–Kier alpha value is -0.650. The summed E-state index contributed by atoms with van der Waals surface area (Å²) in [6, 6.07) is 0.636. The molecule has 1 spiro atoms. The summed E-state index contributed by atoms with van der Waals surface area (Å²) in [5, 5.41) is 3.01. The van der Waals surface area contributed by atoms with Crippen molar-refractivity contribution in [2.75, 3.05) is 26.2 Å². The minimum absolute atomic E-state index is 0.0167. The lowest BCUT2D eigenvalue weighted by atomic mass is 9.94. The molecule has 120 valence electrons. The van der Waals surface area contributed by atoms with Gasteiger partial charge in [-0.1, -0.05) is 13.3 Å². The first-order chi connectivity index (χ1) is 10.2. The molecule has 1 N–H and O–H groups in total. The van der Waals surface area contributed by atoms with Crippen LogP contribution in [0.4, 0.5) is 0 Å². The van der Waals surface area contributed by atoms with Crippen LogP contribution in [0.25, 0.3) is 0 Å². The third-order valence-electron chi connectivity index (χ3n) is 4.87. The zero-order chi connectivity index (χ0) is 14.7. The van der Waals surface area contributed by atoms with Crippen molar-refractivity contribution in [2.45, 2.75) is 69.8 Å². The standard InChI is InChI=1S/C16H28N2O3/c1-2-18(13-6-7-13)11-15(19)17-10-14-12-20-16(21-14)8-4-3-5-9-16/h13-14H,2-12H2,1H3,(H,17,19)/t14-/m1/s1. The number of nitrogens with zero attached hydrogens (tertiary/aromatic N) is 1. The first-order valence-corrected chi connectivity index (χ1v) is 8.53. The number of likely N-dealkylation sites (N-methyl/N-ethyl adjacent to an activating group) is 1. The fourth-order valence-electron chi connectivity index (χ4n) is 3.48. The van der Waals surface area contributed by atoms with E-state index in [1.807, 2.05) is 0 Å². The highest BCUT2D eigenvalue weighted by molar-refractivity contribution is 5.78. The molecule has 2 aliphatic carbocycles. The lowest BCUT2D eigenvalue weighted by Gasteiger charge is -2.31. The molecule has 1 heterocycles. The minimum atomic E-state index is -0.336. The first-order valence-electron chi connectivity index (χ1n) is 8.53. The van der Waals surface area contributed by atoms with Crippen LogP contribution in [0.1, 0.15) is 51.9 Å². The molecule has 21 heavy (non-hydrogen) atoms. The molecule has 1 aliphatic heterocycles. The van der Waals surface area contributed by atoms with Crippen LogP contribution in [0.3, 0.4) is 0 Å². The van der Waals surface area contributed by atoms with Crippen molar-refractivity contribution in [3.05, 3.63) is 0 Å². The van der Waals surface area contributed by atoms with E-state index in [2.05, 4.69) is 17.1 Å². The van der Waals surface area contributed by atoms with E-state index in [0.29, 0.717) is 25.7 Å². The van der Waals surface area contributed by atoms with Crippen molar-refractivity contribution in [2.24, 2.45) is 0 Å². The molecule has 0 aromatic carbocycles. The average molecular weight is 296 g/mol. The normalized spacial score (nSPS) is 28.2. The van der Waals surface area contributed by atoms with Crippen molar-refractivity contribution in [1.29, 1.82) is 0 Å². The van der Waals surface area contributed by atoms with E-state index < -0.39 is 0 Å². The summed E-state index contributed by atoms with van der Waals surface area (Å²) in [4.78, 5) is 14.3. The Balaban J connectivity index is 1.38. The molecule has 3 rings (SSSR count). The van der Waals surface area contributed by atoms with Crippen molar-refractivity contribution in [1.82, 2.24) is 10.2 Å².